The Hall–Kier alpha value is -9.29. The third-order valence-corrected chi connectivity index (χ3v) is 15.7. The quantitative estimate of drug-likeness (QED) is 0.0116. The maximum Gasteiger partial charge on any atom is 0.243 e. The molecule has 562 valence electrons. The van der Waals surface area contributed by atoms with Gasteiger partial charge in [-0.1, -0.05) is 0 Å². The summed E-state index contributed by atoms with van der Waals surface area (Å²) in [5, 5.41) is 33.6. The number of nitrogens with one attached hydrogen (secondary N) is 9. The van der Waals surface area contributed by atoms with Crippen LogP contribution in [0.1, 0.15) is 129 Å². The highest BCUT2D eigenvalue weighted by Gasteiger charge is 2.40. The molecular weight excluding hydrogens is 1310 g/mol. The second kappa shape index (κ2) is 48.4. The van der Waals surface area contributed by atoms with E-state index in [0.29, 0.717) is 25.7 Å². The highest BCUT2D eigenvalue weighted by molar-refractivity contribution is 7.80. The first-order valence-corrected chi connectivity index (χ1v) is 33.5. The topological polar surface area (TPSA) is 746 Å². The van der Waals surface area contributed by atoms with Crippen molar-refractivity contribution in [2.75, 3.05) is 58.1 Å². The molecule has 41 nitrogen and oxygen atoms in total. The first kappa shape index (κ1) is 87.7. The molecule has 0 radical (unpaired) electrons. The summed E-state index contributed by atoms with van der Waals surface area (Å²) in [4.78, 5) is 175. The summed E-state index contributed by atoms with van der Waals surface area (Å²) in [7, 11) is 0. The van der Waals surface area contributed by atoms with Gasteiger partial charge in [-0.25, -0.2) is 0 Å². The van der Waals surface area contributed by atoms with Crippen molar-refractivity contribution in [3.8, 4) is 0 Å². The fraction of sp³-hybridized carbons (Fsp3) is 0.719. The molecule has 42 heteroatoms. The molecule has 12 atom stereocenters. The molecule has 1 aliphatic heterocycles. The Kier molecular flexibility index (Phi) is 42.9. The number of likely N-dealkylation sites (tertiary alicyclic amines) is 1. The largest absolute Gasteiger partial charge is 0.391 e. The Labute approximate surface area is 581 Å². The fourth-order valence-corrected chi connectivity index (χ4v) is 10.1. The van der Waals surface area contributed by atoms with Crippen LogP contribution in [0.3, 0.4) is 0 Å². The monoisotopic (exact) mass is 1430 g/mol. The van der Waals surface area contributed by atoms with Crippen molar-refractivity contribution in [2.24, 2.45) is 105 Å². The van der Waals surface area contributed by atoms with Crippen LogP contribution in [0.4, 0.5) is 0 Å². The van der Waals surface area contributed by atoms with E-state index in [1.54, 1.807) is 0 Å². The Morgan fingerprint density at radius 1 is 0.414 bits per heavy atom. The molecule has 38 N–H and O–H groups in total. The summed E-state index contributed by atoms with van der Waals surface area (Å²) in [5.74, 6) is -10.8. The van der Waals surface area contributed by atoms with Gasteiger partial charge in [0.15, 0.2) is 29.8 Å². The number of carbonyl (C=O) groups is 11. The van der Waals surface area contributed by atoms with Crippen LogP contribution < -0.4 is 128 Å². The minimum atomic E-state index is -1.51. The molecule has 1 rings (SSSR count). The van der Waals surface area contributed by atoms with Crippen molar-refractivity contribution in [3.05, 3.63) is 0 Å². The number of primary amides is 1. The van der Waals surface area contributed by atoms with Crippen LogP contribution in [0.15, 0.2) is 25.0 Å². The van der Waals surface area contributed by atoms with Crippen LogP contribution in [0.5, 0.6) is 0 Å². The Balaban J connectivity index is 3.80. The smallest absolute Gasteiger partial charge is 0.243 e. The van der Waals surface area contributed by atoms with Gasteiger partial charge >= 0.3 is 0 Å². The molecule has 1 heterocycles. The minimum Gasteiger partial charge on any atom is -0.391 e. The van der Waals surface area contributed by atoms with Gasteiger partial charge in [0.1, 0.15) is 66.5 Å². The molecule has 0 saturated carbocycles. The molecule has 99 heavy (non-hydrogen) atoms. The van der Waals surface area contributed by atoms with E-state index >= 15 is 0 Å². The van der Waals surface area contributed by atoms with Gasteiger partial charge in [-0.05, 0) is 143 Å². The lowest BCUT2D eigenvalue weighted by atomic mass is 10.0. The zero-order chi connectivity index (χ0) is 74.7. The van der Waals surface area contributed by atoms with Gasteiger partial charge in [-0.15, -0.1) is 0 Å². The van der Waals surface area contributed by atoms with Gasteiger partial charge in [0.25, 0.3) is 0 Å². The third-order valence-electron chi connectivity index (χ3n) is 15.3. The Bertz CT molecular complexity index is 2760. The molecule has 11 amide bonds. The van der Waals surface area contributed by atoms with Gasteiger partial charge in [-0.2, -0.15) is 12.6 Å². The maximum atomic E-state index is 14.7. The van der Waals surface area contributed by atoms with E-state index < -0.39 is 138 Å². The summed E-state index contributed by atoms with van der Waals surface area (Å²) in [6.45, 7) is 3.18. The lowest BCUT2D eigenvalue weighted by Gasteiger charge is -2.29. The highest BCUT2D eigenvalue weighted by atomic mass is 32.1. The van der Waals surface area contributed by atoms with Crippen LogP contribution >= 0.6 is 12.6 Å². The normalized spacial score (nSPS) is 15.8. The molecule has 0 aromatic heterocycles. The second-order valence-corrected chi connectivity index (χ2v) is 23.9. The van der Waals surface area contributed by atoms with E-state index in [2.05, 4.69) is 85.4 Å². The van der Waals surface area contributed by atoms with Gasteiger partial charge in [0.2, 0.25) is 65.0 Å². The number of carbonyl (C=O) groups excluding carboxylic acids is 11. The first-order valence-electron chi connectivity index (χ1n) is 32.8. The number of rotatable bonds is 50. The predicted molar refractivity (Wildman–Crippen MR) is 376 cm³/mol. The van der Waals surface area contributed by atoms with Crippen molar-refractivity contribution in [1.29, 1.82) is 0 Å². The molecule has 1 saturated heterocycles. The van der Waals surface area contributed by atoms with Crippen molar-refractivity contribution in [2.45, 2.75) is 202 Å². The van der Waals surface area contributed by atoms with Crippen molar-refractivity contribution in [1.82, 2.24) is 52.8 Å². The SMILES string of the molecule is C[C@H](NC(=O)[C@H](CCCN=C(N)N)NC(=O)[C@@H]1CCCN1C(=O)[C@@H](N)[C@@H](C)O)C(=O)N[C@@H](CCCN=C(N)N)C(=O)N[C@@H](CCCN=C(N)N)C(=O)N[C@@H](CCCN=C(N)N)C(=O)N[C@@H](CCCCN)C(=O)N[C@@H](CCCCN)C(=O)N[C@@H](CCCN=C(N)N)C(=O)N[C@@H](CS)C(N)=O. The zero-order valence-corrected chi connectivity index (χ0v) is 57.6. The van der Waals surface area contributed by atoms with Crippen LogP contribution in [0.25, 0.3) is 0 Å². The summed E-state index contributed by atoms with van der Waals surface area (Å²) < 4.78 is 0. The molecule has 0 aromatic rings. The zero-order valence-electron chi connectivity index (χ0n) is 56.7. The fourth-order valence-electron chi connectivity index (χ4n) is 9.87. The van der Waals surface area contributed by atoms with Crippen molar-refractivity contribution >= 4 is 107 Å². The summed E-state index contributed by atoms with van der Waals surface area (Å²) >= 11 is 4.09. The lowest BCUT2D eigenvalue weighted by molar-refractivity contribution is -0.142. The van der Waals surface area contributed by atoms with Gasteiger partial charge < -0.3 is 138 Å². The molecule has 0 aromatic carbocycles. The summed E-state index contributed by atoms with van der Waals surface area (Å²) in [5.41, 5.74) is 78.5. The number of aliphatic hydroxyl groups excluding tert-OH is 1. The Morgan fingerprint density at radius 2 is 0.687 bits per heavy atom. The predicted octanol–water partition coefficient (Wildman–Crippen LogP) is -11.0. The number of amides is 11. The van der Waals surface area contributed by atoms with Crippen LogP contribution in [0, 0.1) is 0 Å². The number of thiol groups is 1. The number of aliphatic hydroxyl groups is 1. The Morgan fingerprint density at radius 3 is 0.960 bits per heavy atom. The molecule has 0 unspecified atom stereocenters. The van der Waals surface area contributed by atoms with Gasteiger partial charge in [0.05, 0.1) is 6.10 Å². The van der Waals surface area contributed by atoms with E-state index in [9.17, 15) is 57.8 Å². The number of nitrogens with zero attached hydrogens (tertiary/aromatic N) is 6. The van der Waals surface area contributed by atoms with E-state index in [-0.39, 0.29) is 178 Å². The van der Waals surface area contributed by atoms with Crippen LogP contribution in [-0.4, -0.2) is 235 Å². The number of unbranched alkanes of at least 4 members (excludes halogenated alkanes) is 2. The third kappa shape index (κ3) is 36.2. The van der Waals surface area contributed by atoms with E-state index in [4.69, 9.17) is 80.3 Å². The van der Waals surface area contributed by atoms with E-state index in [1.807, 2.05) is 0 Å². The highest BCUT2D eigenvalue weighted by Crippen LogP contribution is 2.20. The number of nitrogens with two attached hydrogens (primary N) is 14. The van der Waals surface area contributed by atoms with Crippen LogP contribution in [-0.2, 0) is 52.7 Å². The lowest BCUT2D eigenvalue weighted by Crippen LogP contribution is -2.60. The minimum absolute atomic E-state index is 0.00217. The molecule has 0 spiro atoms. The number of aliphatic imine (C=N–C) groups is 5. The molecule has 0 aliphatic carbocycles. The average Bonchev–Trinajstić information content (AvgIpc) is 1.83. The van der Waals surface area contributed by atoms with Gasteiger partial charge in [0, 0.05) is 45.0 Å². The average molecular weight is 1430 g/mol. The summed E-state index contributed by atoms with van der Waals surface area (Å²) in [6.07, 6.45) is 0.615. The molecule has 0 bridgehead atoms. The molecular formula is C57H111N29O12S. The first-order chi connectivity index (χ1) is 46.8. The van der Waals surface area contributed by atoms with Crippen molar-refractivity contribution < 1.29 is 57.8 Å². The standard InChI is InChI=1S/C57H111N29O12S/c1-30(77-44(90)34(15-7-23-72-53(62)63)84-51(97)40-20-12-28-86(40)52(98)41(60)31(2)87)43(89)78-35(16-8-24-73-54(64)65)47(93)81-37(18-10-26-75-56(68)69)49(95)82-36(17-9-25-74-55(66)67)48(94)80-32(13-3-5-21-58)45(91)79-33(14-4-6-22-59)46(92)83-38(19-11-27-76-57(70)71)50(96)85-39(29-99)42(61)88/h30-41,87,99H,3-29,58-60H2,1-2H3,(H2,61,88)(H,77,90)(H,78,89)(H,79,91)(H,80,94)(H,81,93)(H,82,95)(H,83,92)(H,84,97)(H,85,96)(H4,62,63,72)(H4,64,65,73)(H4,66,67,74)(H4,68,69,75)(H4,70,71,76)/t30-,31+,32-,33-,34-,35-,36-,37-,38-,39-,40-,41-/m0/s1. The number of guanidine groups is 5. The van der Waals surface area contributed by atoms with E-state index in [1.165, 1.54) is 18.7 Å². The van der Waals surface area contributed by atoms with Gasteiger partial charge in [-0.3, -0.25) is 77.7 Å². The van der Waals surface area contributed by atoms with E-state index in [0.717, 1.165) is 0 Å². The number of hydrogen-bond donors (Lipinski definition) is 25. The van der Waals surface area contributed by atoms with Crippen LogP contribution in [0.2, 0.25) is 0 Å². The van der Waals surface area contributed by atoms with Crippen molar-refractivity contribution in [3.63, 3.8) is 0 Å². The second-order valence-electron chi connectivity index (χ2n) is 23.6. The molecule has 1 fully saturated rings. The maximum absolute atomic E-state index is 14.7. The summed E-state index contributed by atoms with van der Waals surface area (Å²) in [6, 6.07) is -14.9. The molecule has 1 aliphatic rings. The number of hydrogen-bond acceptors (Lipinski definition) is 21.